The molecule has 0 saturated carbocycles. The highest BCUT2D eigenvalue weighted by atomic mass is 19.4. The second kappa shape index (κ2) is 11.1. The van der Waals surface area contributed by atoms with Gasteiger partial charge in [-0.15, -0.1) is 0 Å². The lowest BCUT2D eigenvalue weighted by molar-refractivity contribution is -0.137. The maximum absolute atomic E-state index is 15.1. The van der Waals surface area contributed by atoms with Gasteiger partial charge < -0.3 is 4.74 Å². The van der Waals surface area contributed by atoms with Gasteiger partial charge in [0.25, 0.3) is 0 Å². The molecule has 4 aromatic carbocycles. The van der Waals surface area contributed by atoms with Crippen LogP contribution >= 0.6 is 0 Å². The zero-order chi connectivity index (χ0) is 25.7. The standard InChI is InChI=1S/C30H27F5O/c1-2-17-36-26-15-12-22(28(31)19-26)8-4-21-7-16-27-24(18-21)11-10-23(29(27)32)9-3-20-5-13-25(14-6-20)30(33,34)35/h5-7,10-16,18-19H,2-4,8-9,17H2,1H3. The minimum absolute atomic E-state index is 0.298. The number of hydrogen-bond donors (Lipinski definition) is 0. The maximum atomic E-state index is 15.1. The Balaban J connectivity index is 1.41. The van der Waals surface area contributed by atoms with Gasteiger partial charge in [0, 0.05) is 11.5 Å². The first kappa shape index (κ1) is 25.7. The highest BCUT2D eigenvalue weighted by Crippen LogP contribution is 2.30. The van der Waals surface area contributed by atoms with Crippen LogP contribution in [0.1, 0.15) is 41.2 Å². The molecule has 0 aliphatic rings. The molecule has 0 atom stereocenters. The molecule has 4 rings (SSSR count). The summed E-state index contributed by atoms with van der Waals surface area (Å²) < 4.78 is 73.2. The van der Waals surface area contributed by atoms with Crippen LogP contribution in [0.15, 0.2) is 72.8 Å². The predicted molar refractivity (Wildman–Crippen MR) is 132 cm³/mol. The van der Waals surface area contributed by atoms with Crippen molar-refractivity contribution in [2.24, 2.45) is 0 Å². The first-order valence-electron chi connectivity index (χ1n) is 12.0. The summed E-state index contributed by atoms with van der Waals surface area (Å²) in [5, 5.41) is 1.25. The summed E-state index contributed by atoms with van der Waals surface area (Å²) >= 11 is 0. The maximum Gasteiger partial charge on any atom is 0.416 e. The topological polar surface area (TPSA) is 9.23 Å². The minimum Gasteiger partial charge on any atom is -0.494 e. The summed E-state index contributed by atoms with van der Waals surface area (Å²) in [5.41, 5.74) is 2.12. The largest absolute Gasteiger partial charge is 0.494 e. The third-order valence-corrected chi connectivity index (χ3v) is 6.24. The highest BCUT2D eigenvalue weighted by molar-refractivity contribution is 5.84. The van der Waals surface area contributed by atoms with E-state index >= 15 is 4.39 Å². The summed E-state index contributed by atoms with van der Waals surface area (Å²) in [4.78, 5) is 0. The Bertz CT molecular complexity index is 1330. The van der Waals surface area contributed by atoms with E-state index in [9.17, 15) is 17.6 Å². The zero-order valence-electron chi connectivity index (χ0n) is 20.0. The van der Waals surface area contributed by atoms with Crippen molar-refractivity contribution in [1.82, 2.24) is 0 Å². The number of alkyl halides is 3. The van der Waals surface area contributed by atoms with Crippen LogP contribution in [0.5, 0.6) is 5.75 Å². The van der Waals surface area contributed by atoms with Gasteiger partial charge in [0.05, 0.1) is 12.2 Å². The number of halogens is 5. The fourth-order valence-corrected chi connectivity index (χ4v) is 4.19. The van der Waals surface area contributed by atoms with E-state index in [0.29, 0.717) is 54.6 Å². The summed E-state index contributed by atoms with van der Waals surface area (Å²) in [5.74, 6) is -0.0961. The van der Waals surface area contributed by atoms with E-state index in [1.165, 1.54) is 18.2 Å². The molecule has 0 amide bonds. The number of fused-ring (bicyclic) bond motifs is 1. The van der Waals surface area contributed by atoms with Gasteiger partial charge >= 0.3 is 6.18 Å². The monoisotopic (exact) mass is 498 g/mol. The first-order chi connectivity index (χ1) is 17.2. The molecular weight excluding hydrogens is 471 g/mol. The molecule has 188 valence electrons. The summed E-state index contributed by atoms with van der Waals surface area (Å²) in [7, 11) is 0. The predicted octanol–water partition coefficient (Wildman–Crippen LogP) is 8.50. The molecule has 0 spiro atoms. The average molecular weight is 499 g/mol. The molecule has 0 bridgehead atoms. The van der Waals surface area contributed by atoms with Crippen molar-refractivity contribution < 1.29 is 26.7 Å². The lowest BCUT2D eigenvalue weighted by Gasteiger charge is -2.11. The third-order valence-electron chi connectivity index (χ3n) is 6.24. The average Bonchev–Trinajstić information content (AvgIpc) is 2.86. The molecule has 0 saturated heterocycles. The van der Waals surface area contributed by atoms with E-state index in [0.717, 1.165) is 35.1 Å². The Morgan fingerprint density at radius 2 is 1.36 bits per heavy atom. The van der Waals surface area contributed by atoms with Crippen molar-refractivity contribution >= 4 is 10.8 Å². The van der Waals surface area contributed by atoms with Crippen molar-refractivity contribution in [1.29, 1.82) is 0 Å². The summed E-state index contributed by atoms with van der Waals surface area (Å²) in [6.45, 7) is 2.54. The smallest absolute Gasteiger partial charge is 0.416 e. The number of benzene rings is 4. The van der Waals surface area contributed by atoms with Crippen LogP contribution in [0.3, 0.4) is 0 Å². The van der Waals surface area contributed by atoms with Crippen molar-refractivity contribution in [2.45, 2.75) is 45.2 Å². The van der Waals surface area contributed by atoms with Crippen molar-refractivity contribution in [2.75, 3.05) is 6.61 Å². The van der Waals surface area contributed by atoms with Gasteiger partial charge in [-0.1, -0.05) is 55.5 Å². The fourth-order valence-electron chi connectivity index (χ4n) is 4.19. The second-order valence-corrected chi connectivity index (χ2v) is 8.89. The SMILES string of the molecule is CCCOc1ccc(CCc2ccc3c(F)c(CCc4ccc(C(F)(F)F)cc4)ccc3c2)c(F)c1. The van der Waals surface area contributed by atoms with E-state index in [4.69, 9.17) is 4.74 Å². The summed E-state index contributed by atoms with van der Waals surface area (Å²) in [6.07, 6.45) is -1.58. The highest BCUT2D eigenvalue weighted by Gasteiger charge is 2.29. The van der Waals surface area contributed by atoms with E-state index in [1.807, 2.05) is 25.1 Å². The number of hydrogen-bond acceptors (Lipinski definition) is 1. The lowest BCUT2D eigenvalue weighted by Crippen LogP contribution is -2.04. The number of aryl methyl sites for hydroxylation is 4. The van der Waals surface area contributed by atoms with E-state index < -0.39 is 11.7 Å². The van der Waals surface area contributed by atoms with E-state index in [2.05, 4.69) is 0 Å². The van der Waals surface area contributed by atoms with E-state index in [-0.39, 0.29) is 11.6 Å². The lowest BCUT2D eigenvalue weighted by atomic mass is 9.97. The molecule has 0 N–H and O–H groups in total. The Morgan fingerprint density at radius 1 is 0.694 bits per heavy atom. The fraction of sp³-hybridized carbons (Fsp3) is 0.267. The molecule has 0 unspecified atom stereocenters. The Hall–Kier alpha value is -3.41. The molecule has 1 nitrogen and oxygen atoms in total. The van der Waals surface area contributed by atoms with Crippen molar-refractivity contribution in [3.63, 3.8) is 0 Å². The molecule has 0 aromatic heterocycles. The van der Waals surface area contributed by atoms with Gasteiger partial charge in [0.1, 0.15) is 17.4 Å². The Labute approximate surface area is 207 Å². The number of rotatable bonds is 9. The van der Waals surface area contributed by atoms with Crippen LogP contribution in [0.4, 0.5) is 22.0 Å². The molecule has 4 aromatic rings. The van der Waals surface area contributed by atoms with Gasteiger partial charge in [-0.2, -0.15) is 13.2 Å². The van der Waals surface area contributed by atoms with Crippen LogP contribution in [0, 0.1) is 11.6 Å². The van der Waals surface area contributed by atoms with Gasteiger partial charge in [-0.25, -0.2) is 8.78 Å². The Morgan fingerprint density at radius 3 is 2.06 bits per heavy atom. The van der Waals surface area contributed by atoms with Crippen LogP contribution < -0.4 is 4.74 Å². The summed E-state index contributed by atoms with van der Waals surface area (Å²) in [6, 6.07) is 19.0. The van der Waals surface area contributed by atoms with Gasteiger partial charge in [-0.05, 0) is 77.9 Å². The Kier molecular flexibility index (Phi) is 7.92. The molecule has 0 aliphatic heterocycles. The van der Waals surface area contributed by atoms with Gasteiger partial charge in [0.2, 0.25) is 0 Å². The molecule has 36 heavy (non-hydrogen) atoms. The van der Waals surface area contributed by atoms with Crippen LogP contribution in [-0.2, 0) is 31.9 Å². The molecule has 6 heteroatoms. The molecular formula is C30H27F5O. The molecule has 0 heterocycles. The second-order valence-electron chi connectivity index (χ2n) is 8.89. The van der Waals surface area contributed by atoms with Crippen LogP contribution in [0.2, 0.25) is 0 Å². The van der Waals surface area contributed by atoms with Crippen LogP contribution in [0.25, 0.3) is 10.8 Å². The number of ether oxygens (including phenoxy) is 1. The van der Waals surface area contributed by atoms with Gasteiger partial charge in [0.15, 0.2) is 0 Å². The zero-order valence-corrected chi connectivity index (χ0v) is 20.0. The van der Waals surface area contributed by atoms with E-state index in [1.54, 1.807) is 24.3 Å². The minimum atomic E-state index is -4.37. The van der Waals surface area contributed by atoms with Gasteiger partial charge in [-0.3, -0.25) is 0 Å². The molecule has 0 aliphatic carbocycles. The van der Waals surface area contributed by atoms with Crippen LogP contribution in [-0.4, -0.2) is 6.61 Å². The van der Waals surface area contributed by atoms with Crippen molar-refractivity contribution in [3.05, 3.63) is 112 Å². The molecule has 0 radical (unpaired) electrons. The quantitative estimate of drug-likeness (QED) is 0.210. The normalized spacial score (nSPS) is 11.7. The third kappa shape index (κ3) is 6.23. The first-order valence-corrected chi connectivity index (χ1v) is 12.0. The van der Waals surface area contributed by atoms with Crippen molar-refractivity contribution in [3.8, 4) is 5.75 Å². The molecule has 0 fully saturated rings.